The zero-order valence-electron chi connectivity index (χ0n) is 14.7. The monoisotopic (exact) mass is 361 g/mol. The van der Waals surface area contributed by atoms with Crippen molar-refractivity contribution in [1.29, 1.82) is 0 Å². The van der Waals surface area contributed by atoms with Crippen LogP contribution in [0.4, 0.5) is 4.39 Å². The van der Waals surface area contributed by atoms with Crippen LogP contribution in [0.3, 0.4) is 0 Å². The molecule has 3 fully saturated rings. The topological polar surface area (TPSA) is 66.8 Å². The molecule has 1 N–H and O–H groups in total. The lowest BCUT2D eigenvalue weighted by Gasteiger charge is -2.39. The van der Waals surface area contributed by atoms with Crippen LogP contribution in [0.1, 0.15) is 37.7 Å². The van der Waals surface area contributed by atoms with Gasteiger partial charge < -0.3 is 14.7 Å². The molecule has 0 bridgehead atoms. The second-order valence-electron chi connectivity index (χ2n) is 7.94. The van der Waals surface area contributed by atoms with Crippen LogP contribution in [0, 0.1) is 17.2 Å². The van der Waals surface area contributed by atoms with Gasteiger partial charge in [0.15, 0.2) is 0 Å². The SMILES string of the molecule is O=C(N1C[C@@H]2CCC[C@@]2(C(=O)O)C1)C1(c2ccc(F)cc2)CCOCC1. The maximum absolute atomic E-state index is 13.6. The molecule has 0 aromatic heterocycles. The molecule has 6 heteroatoms. The standard InChI is InChI=1S/C20H24FNO4/c21-16-5-3-14(4-6-16)19(8-10-26-11-9-19)17(23)22-12-15-2-1-7-20(15,13-22)18(24)25/h3-6,15H,1-2,7-13H2,(H,24,25)/t15-,20+/m0/s1. The van der Waals surface area contributed by atoms with E-state index in [1.807, 2.05) is 0 Å². The van der Waals surface area contributed by atoms with E-state index in [2.05, 4.69) is 0 Å². The first-order chi connectivity index (χ1) is 12.5. The van der Waals surface area contributed by atoms with Crippen LogP contribution >= 0.6 is 0 Å². The first kappa shape index (κ1) is 17.5. The van der Waals surface area contributed by atoms with E-state index in [0.29, 0.717) is 39.0 Å². The second-order valence-corrected chi connectivity index (χ2v) is 7.94. The summed E-state index contributed by atoms with van der Waals surface area (Å²) >= 11 is 0. The number of amides is 1. The highest BCUT2D eigenvalue weighted by molar-refractivity contribution is 5.90. The zero-order valence-corrected chi connectivity index (χ0v) is 14.7. The third-order valence-corrected chi connectivity index (χ3v) is 6.74. The summed E-state index contributed by atoms with van der Waals surface area (Å²) in [7, 11) is 0. The van der Waals surface area contributed by atoms with E-state index < -0.39 is 16.8 Å². The average Bonchev–Trinajstić information content (AvgIpc) is 3.21. The van der Waals surface area contributed by atoms with Gasteiger partial charge in [0.25, 0.3) is 0 Å². The van der Waals surface area contributed by atoms with E-state index in [9.17, 15) is 19.1 Å². The predicted molar refractivity (Wildman–Crippen MR) is 92.1 cm³/mol. The lowest BCUT2D eigenvalue weighted by molar-refractivity contribution is -0.150. The molecule has 0 unspecified atom stereocenters. The fraction of sp³-hybridized carbons (Fsp3) is 0.600. The highest BCUT2D eigenvalue weighted by atomic mass is 19.1. The zero-order chi connectivity index (χ0) is 18.4. The quantitative estimate of drug-likeness (QED) is 0.899. The minimum atomic E-state index is -0.787. The number of aliphatic carboxylic acids is 1. The lowest BCUT2D eigenvalue weighted by Crippen LogP contribution is -2.50. The molecule has 4 rings (SSSR count). The van der Waals surface area contributed by atoms with Gasteiger partial charge in [0.05, 0.1) is 10.8 Å². The molecule has 1 aromatic rings. The molecule has 140 valence electrons. The van der Waals surface area contributed by atoms with Gasteiger partial charge in [-0.1, -0.05) is 18.6 Å². The maximum atomic E-state index is 13.6. The molecular formula is C20H24FNO4. The second kappa shape index (κ2) is 6.34. The molecule has 26 heavy (non-hydrogen) atoms. The van der Waals surface area contributed by atoms with Crippen molar-refractivity contribution < 1.29 is 23.8 Å². The van der Waals surface area contributed by atoms with Crippen molar-refractivity contribution in [1.82, 2.24) is 4.90 Å². The van der Waals surface area contributed by atoms with Crippen LogP contribution in [0.25, 0.3) is 0 Å². The van der Waals surface area contributed by atoms with Gasteiger partial charge in [-0.2, -0.15) is 0 Å². The lowest BCUT2D eigenvalue weighted by atomic mass is 9.73. The smallest absolute Gasteiger partial charge is 0.311 e. The Bertz CT molecular complexity index is 713. The summed E-state index contributed by atoms with van der Waals surface area (Å²) in [6, 6.07) is 6.14. The molecular weight excluding hydrogens is 337 g/mol. The first-order valence-corrected chi connectivity index (χ1v) is 9.35. The number of carboxylic acid groups (broad SMARTS) is 1. The normalized spacial score (nSPS) is 30.2. The van der Waals surface area contributed by atoms with Gasteiger partial charge in [0, 0.05) is 26.3 Å². The molecule has 3 aliphatic rings. The van der Waals surface area contributed by atoms with E-state index >= 15 is 0 Å². The van der Waals surface area contributed by atoms with Gasteiger partial charge >= 0.3 is 5.97 Å². The fourth-order valence-electron chi connectivity index (χ4n) is 5.21. The molecule has 1 amide bonds. The minimum Gasteiger partial charge on any atom is -0.481 e. The van der Waals surface area contributed by atoms with Crippen LogP contribution in [0.5, 0.6) is 0 Å². The number of carbonyl (C=O) groups excluding carboxylic acids is 1. The highest BCUT2D eigenvalue weighted by Crippen LogP contribution is 2.50. The molecule has 2 aliphatic heterocycles. The summed E-state index contributed by atoms with van der Waals surface area (Å²) in [6.07, 6.45) is 3.50. The Morgan fingerprint density at radius 2 is 1.85 bits per heavy atom. The van der Waals surface area contributed by atoms with Crippen LogP contribution < -0.4 is 0 Å². The first-order valence-electron chi connectivity index (χ1n) is 9.35. The Balaban J connectivity index is 1.66. The van der Waals surface area contributed by atoms with Crippen molar-refractivity contribution in [3.63, 3.8) is 0 Å². The fourth-order valence-corrected chi connectivity index (χ4v) is 5.21. The van der Waals surface area contributed by atoms with E-state index in [4.69, 9.17) is 4.74 Å². The molecule has 0 spiro atoms. The van der Waals surface area contributed by atoms with Crippen LogP contribution in [-0.4, -0.2) is 48.2 Å². The molecule has 1 aliphatic carbocycles. The Morgan fingerprint density at radius 3 is 2.46 bits per heavy atom. The Labute approximate surface area is 152 Å². The number of carboxylic acids is 1. The van der Waals surface area contributed by atoms with Crippen molar-refractivity contribution in [2.75, 3.05) is 26.3 Å². The molecule has 2 saturated heterocycles. The number of carbonyl (C=O) groups is 2. The van der Waals surface area contributed by atoms with Crippen molar-refractivity contribution in [2.24, 2.45) is 11.3 Å². The third kappa shape index (κ3) is 2.54. The Morgan fingerprint density at radius 1 is 1.15 bits per heavy atom. The molecule has 1 saturated carbocycles. The number of benzene rings is 1. The van der Waals surface area contributed by atoms with Gasteiger partial charge in [-0.3, -0.25) is 9.59 Å². The van der Waals surface area contributed by atoms with E-state index in [0.717, 1.165) is 18.4 Å². The van der Waals surface area contributed by atoms with E-state index in [-0.39, 0.29) is 24.2 Å². The van der Waals surface area contributed by atoms with E-state index in [1.165, 1.54) is 12.1 Å². The van der Waals surface area contributed by atoms with Crippen LogP contribution in [-0.2, 0) is 19.7 Å². The summed E-state index contributed by atoms with van der Waals surface area (Å²) < 4.78 is 18.9. The molecule has 1 aromatic carbocycles. The number of likely N-dealkylation sites (tertiary alicyclic amines) is 1. The van der Waals surface area contributed by atoms with Gasteiger partial charge in [-0.05, 0) is 49.3 Å². The summed E-state index contributed by atoms with van der Waals surface area (Å²) in [5.74, 6) is -1.10. The number of fused-ring (bicyclic) bond motifs is 1. The average molecular weight is 361 g/mol. The molecule has 2 heterocycles. The Hall–Kier alpha value is -1.95. The third-order valence-electron chi connectivity index (χ3n) is 6.74. The van der Waals surface area contributed by atoms with Gasteiger partial charge in [-0.25, -0.2) is 4.39 Å². The van der Waals surface area contributed by atoms with Crippen molar-refractivity contribution >= 4 is 11.9 Å². The largest absolute Gasteiger partial charge is 0.481 e. The molecule has 0 radical (unpaired) electrons. The summed E-state index contributed by atoms with van der Waals surface area (Å²) in [5.41, 5.74) is -0.733. The highest BCUT2D eigenvalue weighted by Gasteiger charge is 2.58. The minimum absolute atomic E-state index is 0.0255. The van der Waals surface area contributed by atoms with Gasteiger partial charge in [0.2, 0.25) is 5.91 Å². The van der Waals surface area contributed by atoms with Crippen molar-refractivity contribution in [2.45, 2.75) is 37.5 Å². The van der Waals surface area contributed by atoms with Gasteiger partial charge in [-0.15, -0.1) is 0 Å². The number of nitrogens with zero attached hydrogens (tertiary/aromatic N) is 1. The Kier molecular flexibility index (Phi) is 4.26. The predicted octanol–water partition coefficient (Wildman–Crippen LogP) is 2.59. The number of halogens is 1. The maximum Gasteiger partial charge on any atom is 0.311 e. The molecule has 2 atom stereocenters. The van der Waals surface area contributed by atoms with Crippen molar-refractivity contribution in [3.05, 3.63) is 35.6 Å². The number of hydrogen-bond acceptors (Lipinski definition) is 3. The summed E-state index contributed by atoms with van der Waals surface area (Å²) in [4.78, 5) is 27.3. The summed E-state index contributed by atoms with van der Waals surface area (Å²) in [6.45, 7) is 1.75. The number of rotatable bonds is 3. The molecule has 5 nitrogen and oxygen atoms in total. The van der Waals surface area contributed by atoms with Crippen LogP contribution in [0.15, 0.2) is 24.3 Å². The number of ether oxygens (including phenoxy) is 1. The summed E-state index contributed by atoms with van der Waals surface area (Å²) in [5, 5.41) is 9.80. The van der Waals surface area contributed by atoms with Crippen molar-refractivity contribution in [3.8, 4) is 0 Å². The number of hydrogen-bond donors (Lipinski definition) is 1. The van der Waals surface area contributed by atoms with E-state index in [1.54, 1.807) is 17.0 Å². The van der Waals surface area contributed by atoms with Gasteiger partial charge in [0.1, 0.15) is 5.82 Å². The van der Waals surface area contributed by atoms with Crippen LogP contribution in [0.2, 0.25) is 0 Å².